The highest BCUT2D eigenvalue weighted by molar-refractivity contribution is 6.33. The molecule has 3 N–H and O–H groups in total. The summed E-state index contributed by atoms with van der Waals surface area (Å²) in [5.74, 6) is -4.31. The van der Waals surface area contributed by atoms with E-state index >= 15 is 0 Å². The molecule has 0 saturated carbocycles. The number of aryl methyl sites for hydroxylation is 1. The number of aliphatic carboxylic acids is 1. The van der Waals surface area contributed by atoms with Crippen molar-refractivity contribution in [2.45, 2.75) is 26.8 Å². The lowest BCUT2D eigenvalue weighted by Gasteiger charge is -2.19. The van der Waals surface area contributed by atoms with Gasteiger partial charge < -0.3 is 15.3 Å². The molecular weight excluding hydrogens is 600 g/mol. The van der Waals surface area contributed by atoms with Gasteiger partial charge in [-0.15, -0.1) is 0 Å². The number of hydrazone groups is 1. The van der Waals surface area contributed by atoms with E-state index in [1.807, 2.05) is 6.07 Å². The Hall–Kier alpha value is -5.68. The first-order valence-corrected chi connectivity index (χ1v) is 13.9. The van der Waals surface area contributed by atoms with Crippen LogP contribution >= 0.6 is 11.6 Å². The summed E-state index contributed by atoms with van der Waals surface area (Å²) in [5.41, 5.74) is 1.91. The molecule has 0 saturated heterocycles. The van der Waals surface area contributed by atoms with Gasteiger partial charge in [0.15, 0.2) is 11.8 Å². The molecule has 0 aromatic heterocycles. The number of amides is 1. The number of halogens is 1. The summed E-state index contributed by atoms with van der Waals surface area (Å²) in [7, 11) is 0. The van der Waals surface area contributed by atoms with Crippen LogP contribution in [-0.2, 0) is 14.4 Å². The van der Waals surface area contributed by atoms with Crippen LogP contribution in [-0.4, -0.2) is 50.7 Å². The van der Waals surface area contributed by atoms with E-state index in [1.165, 1.54) is 49.2 Å². The second-order valence-electron chi connectivity index (χ2n) is 10.4. The SMILES string of the molecule is CC1=C/C(=C(/c2cc(C)c(O)c(C(=O)O)c2)c2cc(N=NC3C(=O)N(c4ccccc4)N=C3C)ccc2Cl)C=C(C(=O)O)C1=O. The molecule has 1 aliphatic heterocycles. The molecule has 12 heteroatoms. The predicted molar refractivity (Wildman–Crippen MR) is 167 cm³/mol. The van der Waals surface area contributed by atoms with Gasteiger partial charge in [-0.25, -0.2) is 9.59 Å². The lowest BCUT2D eigenvalue weighted by atomic mass is 9.85. The number of Topliss-reactive ketones (excluding diaryl/α,β-unsaturated/α-hetero) is 1. The number of aromatic carboxylic acids is 1. The fourth-order valence-corrected chi connectivity index (χ4v) is 5.19. The lowest BCUT2D eigenvalue weighted by Crippen LogP contribution is -2.29. The molecule has 2 aliphatic rings. The molecule has 1 aliphatic carbocycles. The Morgan fingerprint density at radius 3 is 2.29 bits per heavy atom. The molecule has 1 heterocycles. The van der Waals surface area contributed by atoms with Crippen LogP contribution in [0.25, 0.3) is 5.57 Å². The Labute approximate surface area is 261 Å². The molecule has 226 valence electrons. The van der Waals surface area contributed by atoms with E-state index in [9.17, 15) is 34.5 Å². The molecule has 45 heavy (non-hydrogen) atoms. The van der Waals surface area contributed by atoms with Gasteiger partial charge >= 0.3 is 11.9 Å². The number of anilines is 1. The second-order valence-corrected chi connectivity index (χ2v) is 10.8. The smallest absolute Gasteiger partial charge is 0.339 e. The monoisotopic (exact) mass is 624 g/mol. The number of aromatic hydroxyl groups is 1. The first-order valence-electron chi connectivity index (χ1n) is 13.5. The number of phenols is 1. The van der Waals surface area contributed by atoms with Crippen LogP contribution in [0.3, 0.4) is 0 Å². The number of ketones is 1. The molecule has 3 aromatic rings. The highest BCUT2D eigenvalue weighted by Gasteiger charge is 2.34. The third kappa shape index (κ3) is 5.93. The van der Waals surface area contributed by atoms with Gasteiger partial charge in [0.25, 0.3) is 5.91 Å². The van der Waals surface area contributed by atoms with Gasteiger partial charge in [-0.2, -0.15) is 20.3 Å². The molecule has 11 nitrogen and oxygen atoms in total. The normalized spacial score (nSPS) is 17.7. The van der Waals surface area contributed by atoms with E-state index in [4.69, 9.17) is 11.6 Å². The zero-order valence-electron chi connectivity index (χ0n) is 24.1. The third-order valence-electron chi connectivity index (χ3n) is 7.22. The summed E-state index contributed by atoms with van der Waals surface area (Å²) < 4.78 is 0. The molecule has 3 aromatic carbocycles. The summed E-state index contributed by atoms with van der Waals surface area (Å²) >= 11 is 6.68. The Morgan fingerprint density at radius 1 is 0.911 bits per heavy atom. The quantitative estimate of drug-likeness (QED) is 0.205. The Balaban J connectivity index is 1.65. The number of benzene rings is 3. The molecule has 0 spiro atoms. The molecule has 0 radical (unpaired) electrons. The van der Waals surface area contributed by atoms with E-state index in [1.54, 1.807) is 43.3 Å². The maximum absolute atomic E-state index is 13.1. The molecular formula is C33H25ClN4O7. The zero-order valence-corrected chi connectivity index (χ0v) is 24.9. The van der Waals surface area contributed by atoms with Crippen molar-refractivity contribution in [3.05, 3.63) is 117 Å². The third-order valence-corrected chi connectivity index (χ3v) is 7.55. The van der Waals surface area contributed by atoms with E-state index < -0.39 is 35.1 Å². The van der Waals surface area contributed by atoms with Gasteiger partial charge in [0.2, 0.25) is 0 Å². The molecule has 1 atom stereocenters. The largest absolute Gasteiger partial charge is 0.507 e. The number of allylic oxidation sites excluding steroid dienone is 4. The van der Waals surface area contributed by atoms with Gasteiger partial charge in [0.05, 0.1) is 17.1 Å². The summed E-state index contributed by atoms with van der Waals surface area (Å²) in [5, 5.41) is 44.2. The van der Waals surface area contributed by atoms with E-state index in [-0.39, 0.29) is 50.0 Å². The highest BCUT2D eigenvalue weighted by Crippen LogP contribution is 2.40. The van der Waals surface area contributed by atoms with Crippen LogP contribution < -0.4 is 5.01 Å². The van der Waals surface area contributed by atoms with E-state index in [0.29, 0.717) is 17.0 Å². The minimum atomic E-state index is -1.44. The van der Waals surface area contributed by atoms with Crippen molar-refractivity contribution in [2.75, 3.05) is 5.01 Å². The van der Waals surface area contributed by atoms with Crippen molar-refractivity contribution in [1.29, 1.82) is 0 Å². The average molecular weight is 625 g/mol. The van der Waals surface area contributed by atoms with Crippen molar-refractivity contribution in [3.63, 3.8) is 0 Å². The first kappa shape index (κ1) is 30.8. The highest BCUT2D eigenvalue weighted by atomic mass is 35.5. The number of carbonyl (C=O) groups excluding carboxylic acids is 2. The molecule has 0 bridgehead atoms. The van der Waals surface area contributed by atoms with Crippen molar-refractivity contribution >= 4 is 57.9 Å². The van der Waals surface area contributed by atoms with Crippen LogP contribution in [0.4, 0.5) is 11.4 Å². The fraction of sp³-hybridized carbons (Fsp3) is 0.121. The minimum Gasteiger partial charge on any atom is -0.507 e. The van der Waals surface area contributed by atoms with Crippen LogP contribution in [0.2, 0.25) is 5.02 Å². The fourth-order valence-electron chi connectivity index (χ4n) is 4.98. The minimum absolute atomic E-state index is 0.140. The van der Waals surface area contributed by atoms with Crippen molar-refractivity contribution in [3.8, 4) is 5.75 Å². The van der Waals surface area contributed by atoms with Gasteiger partial charge in [-0.3, -0.25) is 9.59 Å². The standard InChI is InChI=1S/C33H25ClN4O7/c1-16-11-19(13-24(29(16)39)32(42)43)27(20-12-17(2)30(40)25(14-20)33(44)45)23-15-21(9-10-26(23)34)35-36-28-18(3)37-38(31(28)41)22-7-5-4-6-8-22/h4-15,28,39H,1-3H3,(H,42,43)(H,44,45)/b27-20+,36-35?. The first-order chi connectivity index (χ1) is 21.4. The van der Waals surface area contributed by atoms with Crippen molar-refractivity contribution in [1.82, 2.24) is 0 Å². The van der Waals surface area contributed by atoms with E-state index in [2.05, 4.69) is 15.3 Å². The number of carboxylic acid groups (broad SMARTS) is 2. The molecule has 0 fully saturated rings. The topological polar surface area (TPSA) is 169 Å². The van der Waals surface area contributed by atoms with Gasteiger partial charge in [0.1, 0.15) is 16.9 Å². The molecule has 1 unspecified atom stereocenters. The summed E-state index contributed by atoms with van der Waals surface area (Å²) in [4.78, 5) is 49.7. The Morgan fingerprint density at radius 2 is 1.62 bits per heavy atom. The number of azo groups is 1. The number of hydrogen-bond donors (Lipinski definition) is 3. The maximum atomic E-state index is 13.1. The summed E-state index contributed by atoms with van der Waals surface area (Å²) in [6.07, 6.45) is 2.67. The molecule has 1 amide bonds. The van der Waals surface area contributed by atoms with Gasteiger partial charge in [-0.1, -0.05) is 29.8 Å². The number of hydrogen-bond acceptors (Lipinski definition) is 8. The van der Waals surface area contributed by atoms with Crippen molar-refractivity contribution in [2.24, 2.45) is 15.3 Å². The van der Waals surface area contributed by atoms with Crippen molar-refractivity contribution < 1.29 is 34.5 Å². The number of carbonyl (C=O) groups is 4. The average Bonchev–Trinajstić information content (AvgIpc) is 3.29. The Kier molecular flexibility index (Phi) is 8.30. The predicted octanol–water partition coefficient (Wildman–Crippen LogP) is 6.27. The van der Waals surface area contributed by atoms with Crippen LogP contribution in [0.5, 0.6) is 5.75 Å². The zero-order chi connectivity index (χ0) is 32.6. The second kappa shape index (κ2) is 12.1. The van der Waals surface area contributed by atoms with Gasteiger partial charge in [0, 0.05) is 10.6 Å². The summed E-state index contributed by atoms with van der Waals surface area (Å²) in [6.45, 7) is 4.65. The molecule has 5 rings (SSSR count). The number of carboxylic acids is 2. The summed E-state index contributed by atoms with van der Waals surface area (Å²) in [6, 6.07) is 15.3. The van der Waals surface area contributed by atoms with Crippen LogP contribution in [0.15, 0.2) is 105 Å². The van der Waals surface area contributed by atoms with Crippen LogP contribution in [0, 0.1) is 6.92 Å². The van der Waals surface area contributed by atoms with Gasteiger partial charge in [-0.05, 0) is 103 Å². The number of nitrogens with zero attached hydrogens (tertiary/aromatic N) is 4. The Bertz CT molecular complexity index is 1960. The number of para-hydroxylation sites is 1. The number of rotatable bonds is 7. The lowest BCUT2D eigenvalue weighted by molar-refractivity contribution is -0.134. The maximum Gasteiger partial charge on any atom is 0.339 e. The van der Waals surface area contributed by atoms with Crippen LogP contribution in [0.1, 0.15) is 40.9 Å². The van der Waals surface area contributed by atoms with E-state index in [0.717, 1.165) is 0 Å².